The van der Waals surface area contributed by atoms with Crippen molar-refractivity contribution < 1.29 is 8.42 Å². The van der Waals surface area contributed by atoms with Crippen molar-refractivity contribution in [1.29, 1.82) is 0 Å². The second kappa shape index (κ2) is 5.77. The molecule has 0 aromatic carbocycles. The maximum absolute atomic E-state index is 12.6. The van der Waals surface area contributed by atoms with Gasteiger partial charge in [0.2, 0.25) is 10.0 Å². The first-order valence-electron chi connectivity index (χ1n) is 7.58. The highest BCUT2D eigenvalue weighted by molar-refractivity contribution is 7.89. The van der Waals surface area contributed by atoms with E-state index in [0.717, 1.165) is 43.3 Å². The Balaban J connectivity index is 1.96. The fourth-order valence-corrected chi connectivity index (χ4v) is 4.37. The van der Waals surface area contributed by atoms with Crippen LogP contribution in [0.1, 0.15) is 32.6 Å². The first kappa shape index (κ1) is 14.5. The van der Waals surface area contributed by atoms with Gasteiger partial charge < -0.3 is 4.57 Å². The van der Waals surface area contributed by atoms with Gasteiger partial charge in [0.1, 0.15) is 10.5 Å². The lowest BCUT2D eigenvalue weighted by Crippen LogP contribution is -2.35. The molecule has 6 heteroatoms. The van der Waals surface area contributed by atoms with Gasteiger partial charge in [-0.05, 0) is 31.4 Å². The van der Waals surface area contributed by atoms with Crippen LogP contribution < -0.4 is 0 Å². The summed E-state index contributed by atoms with van der Waals surface area (Å²) in [6.07, 6.45) is 7.50. The van der Waals surface area contributed by atoms with Crippen molar-refractivity contribution in [2.75, 3.05) is 13.1 Å². The first-order chi connectivity index (χ1) is 10.1. The summed E-state index contributed by atoms with van der Waals surface area (Å²) in [5.74, 6) is 0. The number of aryl methyl sites for hydroxylation is 1. The summed E-state index contributed by atoms with van der Waals surface area (Å²) in [5.41, 5.74) is 0.856. The number of fused-ring (bicyclic) bond motifs is 1. The number of sulfonamides is 1. The van der Waals surface area contributed by atoms with E-state index in [2.05, 4.69) is 16.5 Å². The van der Waals surface area contributed by atoms with Crippen LogP contribution in [0.4, 0.5) is 0 Å². The average Bonchev–Trinajstić information content (AvgIpc) is 2.91. The summed E-state index contributed by atoms with van der Waals surface area (Å²) in [6, 6.07) is 3.69. The zero-order valence-corrected chi connectivity index (χ0v) is 13.1. The molecule has 21 heavy (non-hydrogen) atoms. The molecule has 2 aromatic rings. The van der Waals surface area contributed by atoms with Crippen molar-refractivity contribution >= 4 is 21.1 Å². The van der Waals surface area contributed by atoms with E-state index in [0.29, 0.717) is 18.0 Å². The van der Waals surface area contributed by atoms with Crippen molar-refractivity contribution in [2.45, 2.75) is 44.0 Å². The number of piperidine rings is 1. The lowest BCUT2D eigenvalue weighted by Gasteiger charge is -2.25. The molecule has 0 bridgehead atoms. The molecule has 0 unspecified atom stereocenters. The highest BCUT2D eigenvalue weighted by Crippen LogP contribution is 2.23. The first-order valence-corrected chi connectivity index (χ1v) is 9.02. The Morgan fingerprint density at radius 1 is 1.24 bits per heavy atom. The molecule has 0 radical (unpaired) electrons. The van der Waals surface area contributed by atoms with Gasteiger partial charge in [-0.15, -0.1) is 0 Å². The van der Waals surface area contributed by atoms with Crippen molar-refractivity contribution in [1.82, 2.24) is 13.9 Å². The van der Waals surface area contributed by atoms with Gasteiger partial charge in [-0.2, -0.15) is 4.31 Å². The maximum Gasteiger partial charge on any atom is 0.244 e. The van der Waals surface area contributed by atoms with E-state index in [1.807, 2.05) is 12.3 Å². The van der Waals surface area contributed by atoms with Crippen LogP contribution in [0.5, 0.6) is 0 Å². The third-order valence-corrected chi connectivity index (χ3v) is 5.86. The number of hydrogen-bond acceptors (Lipinski definition) is 3. The molecule has 1 aliphatic rings. The van der Waals surface area contributed by atoms with Gasteiger partial charge in [0, 0.05) is 37.4 Å². The molecule has 2 aromatic heterocycles. The Morgan fingerprint density at radius 3 is 2.71 bits per heavy atom. The molecule has 0 atom stereocenters. The number of pyridine rings is 1. The summed E-state index contributed by atoms with van der Waals surface area (Å²) in [7, 11) is -3.39. The number of hydrogen-bond donors (Lipinski definition) is 0. The number of nitrogens with zero attached hydrogens (tertiary/aromatic N) is 3. The molecule has 0 amide bonds. The van der Waals surface area contributed by atoms with E-state index >= 15 is 0 Å². The Kier molecular flexibility index (Phi) is 3.99. The Hall–Kier alpha value is -1.40. The molecule has 0 spiro atoms. The van der Waals surface area contributed by atoms with Crippen LogP contribution in [-0.2, 0) is 16.6 Å². The predicted molar refractivity (Wildman–Crippen MR) is 82.6 cm³/mol. The second-order valence-electron chi connectivity index (χ2n) is 5.56. The molecule has 3 rings (SSSR count). The highest BCUT2D eigenvalue weighted by Gasteiger charge is 2.26. The lowest BCUT2D eigenvalue weighted by atomic mass is 10.2. The van der Waals surface area contributed by atoms with Crippen LogP contribution in [0.25, 0.3) is 11.0 Å². The monoisotopic (exact) mass is 307 g/mol. The third-order valence-electron chi connectivity index (χ3n) is 3.99. The minimum Gasteiger partial charge on any atom is -0.333 e. The predicted octanol–water partition coefficient (Wildman–Crippen LogP) is 2.62. The lowest BCUT2D eigenvalue weighted by molar-refractivity contribution is 0.346. The fourth-order valence-electron chi connectivity index (χ4n) is 2.87. The van der Waals surface area contributed by atoms with Crippen LogP contribution in [0.3, 0.4) is 0 Å². The summed E-state index contributed by atoms with van der Waals surface area (Å²) in [4.78, 5) is 4.69. The van der Waals surface area contributed by atoms with Crippen LogP contribution >= 0.6 is 0 Å². The van der Waals surface area contributed by atoms with E-state index in [1.54, 1.807) is 10.4 Å². The zero-order chi connectivity index (χ0) is 14.9. The molecular weight excluding hydrogens is 286 g/mol. The largest absolute Gasteiger partial charge is 0.333 e. The highest BCUT2D eigenvalue weighted by atomic mass is 32.2. The normalized spacial score (nSPS) is 17.4. The van der Waals surface area contributed by atoms with Gasteiger partial charge >= 0.3 is 0 Å². The van der Waals surface area contributed by atoms with Crippen LogP contribution in [-0.4, -0.2) is 35.4 Å². The van der Waals surface area contributed by atoms with E-state index in [1.165, 1.54) is 6.20 Å². The molecule has 5 nitrogen and oxygen atoms in total. The topological polar surface area (TPSA) is 55.2 Å². The van der Waals surface area contributed by atoms with Crippen LogP contribution in [0, 0.1) is 0 Å². The van der Waals surface area contributed by atoms with Gasteiger partial charge in [-0.1, -0.05) is 13.3 Å². The maximum atomic E-state index is 12.6. The van der Waals surface area contributed by atoms with Crippen molar-refractivity contribution in [3.8, 4) is 0 Å². The molecule has 1 aliphatic heterocycles. The Morgan fingerprint density at radius 2 is 2.00 bits per heavy atom. The molecular formula is C15H21N3O2S. The molecule has 0 aliphatic carbocycles. The molecule has 3 heterocycles. The number of rotatable bonds is 4. The summed E-state index contributed by atoms with van der Waals surface area (Å²) in [6.45, 7) is 4.25. The zero-order valence-electron chi connectivity index (χ0n) is 12.3. The van der Waals surface area contributed by atoms with E-state index in [-0.39, 0.29) is 0 Å². The van der Waals surface area contributed by atoms with Gasteiger partial charge in [0.15, 0.2) is 0 Å². The van der Waals surface area contributed by atoms with Crippen molar-refractivity contribution in [3.63, 3.8) is 0 Å². The van der Waals surface area contributed by atoms with E-state index in [9.17, 15) is 8.42 Å². The number of aromatic nitrogens is 2. The van der Waals surface area contributed by atoms with Crippen molar-refractivity contribution in [2.24, 2.45) is 0 Å². The van der Waals surface area contributed by atoms with E-state index in [4.69, 9.17) is 0 Å². The molecule has 114 valence electrons. The Bertz CT molecular complexity index is 730. The fraction of sp³-hybridized carbons (Fsp3) is 0.533. The Labute approximate surface area is 125 Å². The van der Waals surface area contributed by atoms with Gasteiger partial charge in [-0.25, -0.2) is 13.4 Å². The second-order valence-corrected chi connectivity index (χ2v) is 7.50. The summed E-state index contributed by atoms with van der Waals surface area (Å²) >= 11 is 0. The van der Waals surface area contributed by atoms with Gasteiger partial charge in [0.05, 0.1) is 0 Å². The van der Waals surface area contributed by atoms with Crippen LogP contribution in [0.15, 0.2) is 29.4 Å². The third kappa shape index (κ3) is 2.70. The van der Waals surface area contributed by atoms with E-state index < -0.39 is 10.0 Å². The SMILES string of the molecule is CCCn1ccc2cc(S(=O)(=O)N3CCCCC3)cnc21. The minimum absolute atomic E-state index is 0.311. The standard InChI is InChI=1S/C15H21N3O2S/c1-2-7-17-10-6-13-11-14(12-16-15(13)17)21(19,20)18-8-4-3-5-9-18/h6,10-12H,2-5,7-9H2,1H3. The smallest absolute Gasteiger partial charge is 0.244 e. The summed E-state index contributed by atoms with van der Waals surface area (Å²) < 4.78 is 28.9. The summed E-state index contributed by atoms with van der Waals surface area (Å²) in [5, 5.41) is 0.890. The molecule has 1 fully saturated rings. The molecule has 0 saturated carbocycles. The molecule has 0 N–H and O–H groups in total. The van der Waals surface area contributed by atoms with Gasteiger partial charge in [0.25, 0.3) is 0 Å². The quantitative estimate of drug-likeness (QED) is 0.872. The van der Waals surface area contributed by atoms with Crippen LogP contribution in [0.2, 0.25) is 0 Å². The van der Waals surface area contributed by atoms with Gasteiger partial charge in [-0.3, -0.25) is 0 Å². The van der Waals surface area contributed by atoms with Crippen molar-refractivity contribution in [3.05, 3.63) is 24.5 Å². The molecule has 1 saturated heterocycles. The average molecular weight is 307 g/mol. The minimum atomic E-state index is -3.39.